The zero-order chi connectivity index (χ0) is 26.6. The van der Waals surface area contributed by atoms with Gasteiger partial charge in [-0.15, -0.1) is 0 Å². The number of carbonyl (C=O) groups excluding carboxylic acids is 2. The number of alkyl halides is 3. The van der Waals surface area contributed by atoms with Crippen LogP contribution in [-0.4, -0.2) is 40.4 Å². The van der Waals surface area contributed by atoms with Crippen molar-refractivity contribution in [3.8, 4) is 23.1 Å². The third-order valence-electron chi connectivity index (χ3n) is 5.49. The van der Waals surface area contributed by atoms with Crippen molar-refractivity contribution in [3.63, 3.8) is 0 Å². The number of ether oxygens (including phenoxy) is 3. The quantitative estimate of drug-likeness (QED) is 0.397. The lowest BCUT2D eigenvalue weighted by atomic mass is 10.2. The molecule has 0 unspecified atom stereocenters. The number of aromatic nitrogens is 2. The minimum absolute atomic E-state index is 0.0517. The molecule has 2 aromatic heterocycles. The van der Waals surface area contributed by atoms with E-state index in [-0.39, 0.29) is 24.0 Å². The van der Waals surface area contributed by atoms with Gasteiger partial charge in [0.05, 0.1) is 32.2 Å². The molecule has 0 saturated heterocycles. The van der Waals surface area contributed by atoms with Crippen LogP contribution in [0.2, 0.25) is 0 Å². The second-order valence-corrected chi connectivity index (χ2v) is 8.93. The summed E-state index contributed by atoms with van der Waals surface area (Å²) < 4.78 is 59.7. The third kappa shape index (κ3) is 6.28. The van der Waals surface area contributed by atoms with Crippen LogP contribution in [0.5, 0.6) is 23.1 Å². The number of nitrogens with one attached hydrogen (secondary N) is 2. The average molecular weight is 537 g/mol. The molecule has 1 aromatic carbocycles. The molecule has 0 bridgehead atoms. The van der Waals surface area contributed by atoms with Crippen LogP contribution in [0.1, 0.15) is 40.7 Å². The molecule has 2 amide bonds. The van der Waals surface area contributed by atoms with Gasteiger partial charge in [0.1, 0.15) is 33.2 Å². The fraction of sp³-hybridized carbons (Fsp3) is 0.333. The van der Waals surface area contributed by atoms with Crippen molar-refractivity contribution < 1.29 is 37.0 Å². The number of pyridine rings is 1. The lowest BCUT2D eigenvalue weighted by Gasteiger charge is -2.17. The molecular formula is C24H23F3N4O5S. The summed E-state index contributed by atoms with van der Waals surface area (Å²) in [6.45, 7) is 2.29. The zero-order valence-corrected chi connectivity index (χ0v) is 20.7. The van der Waals surface area contributed by atoms with E-state index in [0.29, 0.717) is 35.9 Å². The van der Waals surface area contributed by atoms with Gasteiger partial charge in [0.2, 0.25) is 11.8 Å². The van der Waals surface area contributed by atoms with Gasteiger partial charge in [-0.3, -0.25) is 14.6 Å². The van der Waals surface area contributed by atoms with Crippen LogP contribution in [0.15, 0.2) is 42.6 Å². The molecule has 4 rings (SSSR count). The van der Waals surface area contributed by atoms with Crippen molar-refractivity contribution in [1.29, 1.82) is 0 Å². The molecule has 0 radical (unpaired) electrons. The van der Waals surface area contributed by atoms with Gasteiger partial charge in [-0.05, 0) is 61.6 Å². The van der Waals surface area contributed by atoms with E-state index in [1.54, 1.807) is 0 Å². The van der Waals surface area contributed by atoms with Crippen molar-refractivity contribution in [2.75, 3.05) is 13.7 Å². The topological polar surface area (TPSA) is 112 Å². The molecule has 0 atom stereocenters. The summed E-state index contributed by atoms with van der Waals surface area (Å²) >= 11 is 0.984. The Morgan fingerprint density at radius 2 is 1.89 bits per heavy atom. The molecule has 1 aliphatic carbocycles. The predicted octanol–water partition coefficient (Wildman–Crippen LogP) is 4.34. The Labute approximate surface area is 214 Å². The summed E-state index contributed by atoms with van der Waals surface area (Å²) in [7, 11) is 1.27. The Hall–Kier alpha value is -3.87. The molecule has 2 N–H and O–H groups in total. The molecular weight excluding hydrogens is 513 g/mol. The van der Waals surface area contributed by atoms with Gasteiger partial charge in [0.25, 0.3) is 5.91 Å². The number of halogens is 3. The summed E-state index contributed by atoms with van der Waals surface area (Å²) in [5.74, 6) is -0.662. The highest BCUT2D eigenvalue weighted by atomic mass is 32.1. The smallest absolute Gasteiger partial charge is 0.420 e. The molecule has 0 spiro atoms. The van der Waals surface area contributed by atoms with E-state index < -0.39 is 28.9 Å². The van der Waals surface area contributed by atoms with E-state index in [1.165, 1.54) is 43.6 Å². The minimum Gasteiger partial charge on any atom is -0.497 e. The normalized spacial score (nSPS) is 14.0. The summed E-state index contributed by atoms with van der Waals surface area (Å²) in [6, 6.07) is 7.88. The van der Waals surface area contributed by atoms with Crippen molar-refractivity contribution in [3.05, 3.63) is 58.7 Å². The standard InChI is InChI=1S/C24H23F3N4O5S/c1-3-35-20-11-19(37-31-20)21(32)30-23(8-9-23)22(33)29-12-14-4-5-16(13-28-14)36-18-7-6-15(34-2)10-17(18)24(25,26)27/h4-7,10-11,13H,3,8-9,12H2,1-2H3,(H,29,33)(H,30,32). The highest BCUT2D eigenvalue weighted by Crippen LogP contribution is 2.40. The lowest BCUT2D eigenvalue weighted by molar-refractivity contribution is -0.138. The van der Waals surface area contributed by atoms with E-state index in [2.05, 4.69) is 20.0 Å². The first-order chi connectivity index (χ1) is 17.6. The Morgan fingerprint density at radius 3 is 2.51 bits per heavy atom. The van der Waals surface area contributed by atoms with Gasteiger partial charge in [0.15, 0.2) is 0 Å². The molecule has 1 aliphatic rings. The van der Waals surface area contributed by atoms with Gasteiger partial charge >= 0.3 is 6.18 Å². The van der Waals surface area contributed by atoms with Crippen molar-refractivity contribution in [1.82, 2.24) is 20.0 Å². The maximum Gasteiger partial charge on any atom is 0.420 e. The number of hydrogen-bond donors (Lipinski definition) is 2. The number of hydrogen-bond acceptors (Lipinski definition) is 8. The average Bonchev–Trinajstić information content (AvgIpc) is 3.50. The lowest BCUT2D eigenvalue weighted by Crippen LogP contribution is -2.48. The Balaban J connectivity index is 1.34. The fourth-order valence-electron chi connectivity index (χ4n) is 3.38. The molecule has 196 valence electrons. The number of methoxy groups -OCH3 is 1. The van der Waals surface area contributed by atoms with Crippen LogP contribution in [-0.2, 0) is 17.5 Å². The number of benzene rings is 1. The molecule has 2 heterocycles. The maximum absolute atomic E-state index is 13.4. The molecule has 0 aliphatic heterocycles. The van der Waals surface area contributed by atoms with Gasteiger partial charge in [-0.25, -0.2) is 0 Å². The summed E-state index contributed by atoms with van der Waals surface area (Å²) in [6.07, 6.45) is -2.39. The number of rotatable bonds is 10. The van der Waals surface area contributed by atoms with Gasteiger partial charge in [0, 0.05) is 6.07 Å². The SMILES string of the molecule is CCOc1cc(C(=O)NC2(C(=O)NCc3ccc(Oc4ccc(OC)cc4C(F)(F)F)cn3)CC2)sn1. The van der Waals surface area contributed by atoms with Crippen LogP contribution in [0.3, 0.4) is 0 Å². The maximum atomic E-state index is 13.4. The molecule has 1 fully saturated rings. The Bertz CT molecular complexity index is 1280. The van der Waals surface area contributed by atoms with E-state index in [0.717, 1.165) is 17.6 Å². The third-order valence-corrected chi connectivity index (χ3v) is 6.26. The largest absolute Gasteiger partial charge is 0.497 e. The van der Waals surface area contributed by atoms with E-state index in [4.69, 9.17) is 14.2 Å². The van der Waals surface area contributed by atoms with E-state index in [1.807, 2.05) is 6.92 Å². The molecule has 3 aromatic rings. The number of nitrogens with zero attached hydrogens (tertiary/aromatic N) is 2. The molecule has 1 saturated carbocycles. The Kier molecular flexibility index (Phi) is 7.52. The van der Waals surface area contributed by atoms with E-state index >= 15 is 0 Å². The monoisotopic (exact) mass is 536 g/mol. The first kappa shape index (κ1) is 26.2. The van der Waals surface area contributed by atoms with Crippen LogP contribution < -0.4 is 24.8 Å². The highest BCUT2D eigenvalue weighted by Gasteiger charge is 2.51. The van der Waals surface area contributed by atoms with Crippen LogP contribution in [0.25, 0.3) is 0 Å². The first-order valence-electron chi connectivity index (χ1n) is 11.2. The number of amides is 2. The van der Waals surface area contributed by atoms with Crippen LogP contribution in [0, 0.1) is 0 Å². The minimum atomic E-state index is -4.64. The van der Waals surface area contributed by atoms with Crippen molar-refractivity contribution in [2.45, 2.75) is 38.0 Å². The molecule has 37 heavy (non-hydrogen) atoms. The van der Waals surface area contributed by atoms with Crippen LogP contribution >= 0.6 is 11.5 Å². The summed E-state index contributed by atoms with van der Waals surface area (Å²) in [5.41, 5.74) is -1.53. The second-order valence-electron chi connectivity index (χ2n) is 8.13. The van der Waals surface area contributed by atoms with Gasteiger partial charge in [-0.1, -0.05) is 0 Å². The zero-order valence-electron chi connectivity index (χ0n) is 19.8. The van der Waals surface area contributed by atoms with Crippen LogP contribution in [0.4, 0.5) is 13.2 Å². The second kappa shape index (κ2) is 10.6. The highest BCUT2D eigenvalue weighted by molar-refractivity contribution is 7.08. The number of carbonyl (C=O) groups is 2. The summed E-state index contributed by atoms with van der Waals surface area (Å²) in [4.78, 5) is 29.7. The molecule has 13 heteroatoms. The Morgan fingerprint density at radius 1 is 1.14 bits per heavy atom. The summed E-state index contributed by atoms with van der Waals surface area (Å²) in [5, 5.41) is 5.50. The van der Waals surface area contributed by atoms with Gasteiger partial charge < -0.3 is 24.8 Å². The van der Waals surface area contributed by atoms with E-state index in [9.17, 15) is 22.8 Å². The predicted molar refractivity (Wildman–Crippen MR) is 127 cm³/mol. The van der Waals surface area contributed by atoms with Crippen molar-refractivity contribution >= 4 is 23.3 Å². The molecule has 9 nitrogen and oxygen atoms in total. The fourth-order valence-corrected chi connectivity index (χ4v) is 3.97. The van der Waals surface area contributed by atoms with Gasteiger partial charge in [-0.2, -0.15) is 17.5 Å². The van der Waals surface area contributed by atoms with Crippen molar-refractivity contribution in [2.24, 2.45) is 0 Å². The first-order valence-corrected chi connectivity index (χ1v) is 12.0.